The molecule has 1 amide bonds. The van der Waals surface area contributed by atoms with Gasteiger partial charge in [0.25, 0.3) is 5.91 Å². The topological polar surface area (TPSA) is 64.6 Å². The molecule has 1 heterocycles. The molecule has 0 atom stereocenters. The van der Waals surface area contributed by atoms with Crippen molar-refractivity contribution in [1.82, 2.24) is 5.48 Å². The van der Waals surface area contributed by atoms with Crippen LogP contribution in [0.5, 0.6) is 0 Å². The van der Waals surface area contributed by atoms with Crippen LogP contribution in [0, 0.1) is 0 Å². The maximum Gasteiger partial charge on any atom is 0.348 e. The van der Waals surface area contributed by atoms with Gasteiger partial charge in [-0.25, -0.2) is 10.3 Å². The number of rotatable bonds is 3. The highest BCUT2D eigenvalue weighted by atomic mass is 32.1. The van der Waals surface area contributed by atoms with Gasteiger partial charge in [0.15, 0.2) is 0 Å². The molecule has 14 heavy (non-hydrogen) atoms. The second-order valence-electron chi connectivity index (χ2n) is 2.29. The SMILES string of the molecule is CONC(=O)c1ccsc1C(=O)OC. The van der Waals surface area contributed by atoms with Crippen LogP contribution in [0.2, 0.25) is 0 Å². The number of carbonyl (C=O) groups excluding carboxylic acids is 2. The van der Waals surface area contributed by atoms with Crippen LogP contribution in [0.25, 0.3) is 0 Å². The molecule has 0 aliphatic carbocycles. The van der Waals surface area contributed by atoms with Gasteiger partial charge in [-0.05, 0) is 11.4 Å². The standard InChI is InChI=1S/C8H9NO4S/c1-12-8(11)6-5(3-4-14-6)7(10)9-13-2/h3-4H,1-2H3,(H,9,10). The highest BCUT2D eigenvalue weighted by Gasteiger charge is 2.18. The average Bonchev–Trinajstić information content (AvgIpc) is 2.65. The van der Waals surface area contributed by atoms with E-state index in [-0.39, 0.29) is 10.4 Å². The third-order valence-electron chi connectivity index (χ3n) is 1.48. The predicted molar refractivity (Wildman–Crippen MR) is 50.1 cm³/mol. The van der Waals surface area contributed by atoms with Gasteiger partial charge in [-0.15, -0.1) is 11.3 Å². The van der Waals surface area contributed by atoms with Gasteiger partial charge >= 0.3 is 5.97 Å². The summed E-state index contributed by atoms with van der Waals surface area (Å²) in [5.74, 6) is -0.990. The number of esters is 1. The Labute approximate surface area is 84.6 Å². The van der Waals surface area contributed by atoms with Gasteiger partial charge < -0.3 is 4.74 Å². The van der Waals surface area contributed by atoms with E-state index in [1.807, 2.05) is 0 Å². The molecule has 0 saturated carbocycles. The largest absolute Gasteiger partial charge is 0.465 e. The van der Waals surface area contributed by atoms with E-state index in [1.165, 1.54) is 20.3 Å². The number of ether oxygens (including phenoxy) is 1. The van der Waals surface area contributed by atoms with Crippen molar-refractivity contribution in [2.75, 3.05) is 14.2 Å². The third-order valence-corrected chi connectivity index (χ3v) is 2.37. The minimum atomic E-state index is -0.527. The number of thiophene rings is 1. The Kier molecular flexibility index (Phi) is 3.61. The molecule has 1 aromatic rings. The normalized spacial score (nSPS) is 9.57. The van der Waals surface area contributed by atoms with E-state index >= 15 is 0 Å². The summed E-state index contributed by atoms with van der Waals surface area (Å²) in [6, 6.07) is 1.53. The molecule has 0 unspecified atom stereocenters. The molecule has 0 aliphatic heterocycles. The number of hydrogen-bond donors (Lipinski definition) is 1. The van der Waals surface area contributed by atoms with E-state index in [1.54, 1.807) is 5.38 Å². The number of methoxy groups -OCH3 is 1. The van der Waals surface area contributed by atoms with E-state index < -0.39 is 11.9 Å². The molecule has 0 bridgehead atoms. The van der Waals surface area contributed by atoms with Crippen molar-refractivity contribution in [3.63, 3.8) is 0 Å². The van der Waals surface area contributed by atoms with Crippen molar-refractivity contribution in [3.8, 4) is 0 Å². The summed E-state index contributed by atoms with van der Waals surface area (Å²) in [6.07, 6.45) is 0. The highest BCUT2D eigenvalue weighted by molar-refractivity contribution is 7.12. The Balaban J connectivity index is 2.92. The molecule has 1 N–H and O–H groups in total. The molecule has 0 spiro atoms. The Bertz CT molecular complexity index is 347. The molecule has 1 rings (SSSR count). The fraction of sp³-hybridized carbons (Fsp3) is 0.250. The van der Waals surface area contributed by atoms with Gasteiger partial charge in [0, 0.05) is 0 Å². The van der Waals surface area contributed by atoms with Crippen LogP contribution in [-0.2, 0) is 9.57 Å². The Morgan fingerprint density at radius 2 is 2.14 bits per heavy atom. The maximum absolute atomic E-state index is 11.3. The number of hydroxylamine groups is 1. The molecule has 0 saturated heterocycles. The quantitative estimate of drug-likeness (QED) is 0.599. The first-order chi connectivity index (χ1) is 6.70. The zero-order valence-corrected chi connectivity index (χ0v) is 8.51. The van der Waals surface area contributed by atoms with Crippen molar-refractivity contribution in [2.24, 2.45) is 0 Å². The van der Waals surface area contributed by atoms with E-state index in [2.05, 4.69) is 15.1 Å². The molecule has 5 nitrogen and oxygen atoms in total. The second kappa shape index (κ2) is 4.73. The number of hydrogen-bond acceptors (Lipinski definition) is 5. The molecular formula is C8H9NO4S. The van der Waals surface area contributed by atoms with Gasteiger partial charge in [-0.3, -0.25) is 9.63 Å². The summed E-state index contributed by atoms with van der Waals surface area (Å²) in [5, 5.41) is 1.64. The van der Waals surface area contributed by atoms with Crippen LogP contribution in [0.1, 0.15) is 20.0 Å². The van der Waals surface area contributed by atoms with E-state index in [0.717, 1.165) is 11.3 Å². The van der Waals surface area contributed by atoms with E-state index in [4.69, 9.17) is 0 Å². The first-order valence-electron chi connectivity index (χ1n) is 3.69. The highest BCUT2D eigenvalue weighted by Crippen LogP contribution is 2.17. The molecule has 6 heteroatoms. The molecule has 1 aromatic heterocycles. The van der Waals surface area contributed by atoms with Gasteiger partial charge in [0.2, 0.25) is 0 Å². The van der Waals surface area contributed by atoms with Gasteiger partial charge in [0.1, 0.15) is 4.88 Å². The first kappa shape index (κ1) is 10.7. The molecule has 0 aromatic carbocycles. The number of amides is 1. The van der Waals surface area contributed by atoms with Crippen molar-refractivity contribution in [2.45, 2.75) is 0 Å². The van der Waals surface area contributed by atoms with Gasteiger partial charge in [-0.2, -0.15) is 0 Å². The van der Waals surface area contributed by atoms with Crippen molar-refractivity contribution in [1.29, 1.82) is 0 Å². The van der Waals surface area contributed by atoms with Crippen molar-refractivity contribution < 1.29 is 19.2 Å². The summed E-state index contributed by atoms with van der Waals surface area (Å²) in [5.41, 5.74) is 2.38. The fourth-order valence-electron chi connectivity index (χ4n) is 0.887. The molecule has 0 aliphatic rings. The van der Waals surface area contributed by atoms with E-state index in [0.29, 0.717) is 0 Å². The number of carbonyl (C=O) groups is 2. The molecule has 0 radical (unpaired) electrons. The van der Waals surface area contributed by atoms with E-state index in [9.17, 15) is 9.59 Å². The van der Waals surface area contributed by atoms with Crippen LogP contribution in [0.4, 0.5) is 0 Å². The summed E-state index contributed by atoms with van der Waals surface area (Å²) in [4.78, 5) is 27.2. The smallest absolute Gasteiger partial charge is 0.348 e. The summed E-state index contributed by atoms with van der Waals surface area (Å²) < 4.78 is 4.51. The lowest BCUT2D eigenvalue weighted by molar-refractivity contribution is 0.0522. The predicted octanol–water partition coefficient (Wildman–Crippen LogP) is 0.826. The minimum absolute atomic E-state index is 0.253. The maximum atomic E-state index is 11.3. The molecular weight excluding hydrogens is 206 g/mol. The second-order valence-corrected chi connectivity index (χ2v) is 3.21. The third kappa shape index (κ3) is 2.09. The first-order valence-corrected chi connectivity index (χ1v) is 4.57. The lowest BCUT2D eigenvalue weighted by Crippen LogP contribution is -2.23. The van der Waals surface area contributed by atoms with Gasteiger partial charge in [0.05, 0.1) is 19.8 Å². The van der Waals surface area contributed by atoms with Crippen molar-refractivity contribution in [3.05, 3.63) is 21.9 Å². The summed E-state index contributed by atoms with van der Waals surface area (Å²) in [6.45, 7) is 0. The monoisotopic (exact) mass is 215 g/mol. The summed E-state index contributed by atoms with van der Waals surface area (Å²) >= 11 is 1.15. The molecule has 0 fully saturated rings. The minimum Gasteiger partial charge on any atom is -0.465 e. The van der Waals surface area contributed by atoms with Gasteiger partial charge in [-0.1, -0.05) is 0 Å². The lowest BCUT2D eigenvalue weighted by Gasteiger charge is -2.01. The summed E-state index contributed by atoms with van der Waals surface area (Å²) in [7, 11) is 2.59. The lowest BCUT2D eigenvalue weighted by atomic mass is 10.2. The zero-order valence-electron chi connectivity index (χ0n) is 7.70. The number of nitrogens with one attached hydrogen (secondary N) is 1. The fourth-order valence-corrected chi connectivity index (χ4v) is 1.69. The Hall–Kier alpha value is -1.40. The molecule has 76 valence electrons. The van der Waals surface area contributed by atoms with Crippen LogP contribution >= 0.6 is 11.3 Å². The van der Waals surface area contributed by atoms with Crippen LogP contribution < -0.4 is 5.48 Å². The Morgan fingerprint density at radius 1 is 1.43 bits per heavy atom. The average molecular weight is 215 g/mol. The van der Waals surface area contributed by atoms with Crippen LogP contribution in [-0.4, -0.2) is 26.1 Å². The zero-order chi connectivity index (χ0) is 10.6. The van der Waals surface area contributed by atoms with Crippen LogP contribution in [0.15, 0.2) is 11.4 Å². The Morgan fingerprint density at radius 3 is 2.71 bits per heavy atom. The van der Waals surface area contributed by atoms with Crippen LogP contribution in [0.3, 0.4) is 0 Å². The van der Waals surface area contributed by atoms with Crippen molar-refractivity contribution >= 4 is 23.2 Å².